The molecule has 3 rings (SSSR count). The summed E-state index contributed by atoms with van der Waals surface area (Å²) >= 11 is 0. The average molecular weight is 399 g/mol. The van der Waals surface area contributed by atoms with Gasteiger partial charge < -0.3 is 9.84 Å². The maximum absolute atomic E-state index is 12.3. The van der Waals surface area contributed by atoms with E-state index in [9.17, 15) is 4.79 Å². The Bertz CT molecular complexity index is 768. The van der Waals surface area contributed by atoms with Gasteiger partial charge in [-0.3, -0.25) is 9.69 Å². The van der Waals surface area contributed by atoms with E-state index in [4.69, 9.17) is 4.52 Å². The topological polar surface area (TPSA) is 71.3 Å². The van der Waals surface area contributed by atoms with Crippen molar-refractivity contribution in [2.75, 3.05) is 7.05 Å². The second-order valence-electron chi connectivity index (χ2n) is 8.06. The van der Waals surface area contributed by atoms with Gasteiger partial charge >= 0.3 is 0 Å². The molecule has 0 saturated heterocycles. The highest BCUT2D eigenvalue weighted by Gasteiger charge is 2.18. The van der Waals surface area contributed by atoms with E-state index < -0.39 is 0 Å². The molecular formula is C23H34N4O2. The minimum atomic E-state index is 0.0654. The summed E-state index contributed by atoms with van der Waals surface area (Å²) in [4.78, 5) is 19.0. The summed E-state index contributed by atoms with van der Waals surface area (Å²) in [5, 5.41) is 6.96. The number of benzene rings is 1. The monoisotopic (exact) mass is 398 g/mol. The molecule has 158 valence electrons. The number of aryl methyl sites for hydroxylation is 2. The molecule has 0 unspecified atom stereocenters. The van der Waals surface area contributed by atoms with Gasteiger partial charge in [-0.15, -0.1) is 0 Å². The molecular weight excluding hydrogens is 364 g/mol. The highest BCUT2D eigenvalue weighted by Crippen LogP contribution is 2.23. The van der Waals surface area contributed by atoms with E-state index in [1.165, 1.54) is 43.2 Å². The summed E-state index contributed by atoms with van der Waals surface area (Å²) in [5.74, 6) is 1.40. The largest absolute Gasteiger partial charge is 0.352 e. The molecule has 1 N–H and O–H groups in total. The summed E-state index contributed by atoms with van der Waals surface area (Å²) in [6.07, 6.45) is 9.25. The van der Waals surface area contributed by atoms with E-state index in [0.717, 1.165) is 18.8 Å². The standard InChI is InChI=1S/C23H34N4O2/c1-3-21-25-23(29-26-21)15-9-14-22(28)24-16-18-10-7-8-11-19(18)17-27(2)20-12-5-4-6-13-20/h7-8,10-11,20H,3-6,9,12-17H2,1-2H3,(H,24,28). The van der Waals surface area contributed by atoms with Gasteiger partial charge in [-0.25, -0.2) is 0 Å². The third kappa shape index (κ3) is 6.67. The normalized spacial score (nSPS) is 15.0. The third-order valence-corrected chi connectivity index (χ3v) is 5.83. The SMILES string of the molecule is CCc1noc(CCCC(=O)NCc2ccccc2CN(C)C2CCCCC2)n1. The zero-order valence-corrected chi connectivity index (χ0v) is 17.8. The average Bonchev–Trinajstić information content (AvgIpc) is 3.22. The minimum Gasteiger partial charge on any atom is -0.352 e. The number of nitrogens with zero attached hydrogens (tertiary/aromatic N) is 3. The van der Waals surface area contributed by atoms with Crippen LogP contribution in [0.2, 0.25) is 0 Å². The van der Waals surface area contributed by atoms with Crippen molar-refractivity contribution in [3.8, 4) is 0 Å². The fourth-order valence-corrected chi connectivity index (χ4v) is 4.02. The van der Waals surface area contributed by atoms with Crippen LogP contribution < -0.4 is 5.32 Å². The van der Waals surface area contributed by atoms with E-state index in [2.05, 4.69) is 45.6 Å². The fourth-order valence-electron chi connectivity index (χ4n) is 4.02. The molecule has 1 heterocycles. The third-order valence-electron chi connectivity index (χ3n) is 5.83. The quantitative estimate of drug-likeness (QED) is 0.654. The number of carbonyl (C=O) groups excluding carboxylic acids is 1. The van der Waals surface area contributed by atoms with Crippen molar-refractivity contribution < 1.29 is 9.32 Å². The van der Waals surface area contributed by atoms with Crippen molar-refractivity contribution in [1.29, 1.82) is 0 Å². The lowest BCUT2D eigenvalue weighted by Gasteiger charge is -2.31. The van der Waals surface area contributed by atoms with Gasteiger partial charge in [0.05, 0.1) is 0 Å². The molecule has 2 aromatic rings. The van der Waals surface area contributed by atoms with E-state index in [1.54, 1.807) is 0 Å². The molecule has 0 bridgehead atoms. The number of aromatic nitrogens is 2. The minimum absolute atomic E-state index is 0.0654. The van der Waals surface area contributed by atoms with Gasteiger partial charge in [0.1, 0.15) is 0 Å². The highest BCUT2D eigenvalue weighted by molar-refractivity contribution is 5.75. The number of hydrogen-bond donors (Lipinski definition) is 1. The van der Waals surface area contributed by atoms with Crippen LogP contribution in [0.1, 0.15) is 74.7 Å². The Morgan fingerprint density at radius 3 is 2.69 bits per heavy atom. The molecule has 0 atom stereocenters. The molecule has 1 aromatic carbocycles. The molecule has 0 radical (unpaired) electrons. The van der Waals surface area contributed by atoms with Crippen LogP contribution in [0.5, 0.6) is 0 Å². The zero-order chi connectivity index (χ0) is 20.5. The van der Waals surface area contributed by atoms with Crippen molar-refractivity contribution >= 4 is 5.91 Å². The summed E-state index contributed by atoms with van der Waals surface area (Å²) in [5.41, 5.74) is 2.51. The summed E-state index contributed by atoms with van der Waals surface area (Å²) in [7, 11) is 2.23. The van der Waals surface area contributed by atoms with E-state index in [-0.39, 0.29) is 5.91 Å². The Kier molecular flexibility index (Phi) is 8.23. The van der Waals surface area contributed by atoms with Gasteiger partial charge in [0.25, 0.3) is 0 Å². The van der Waals surface area contributed by atoms with E-state index in [0.29, 0.717) is 37.7 Å². The van der Waals surface area contributed by atoms with Crippen molar-refractivity contribution in [3.63, 3.8) is 0 Å². The van der Waals surface area contributed by atoms with Crippen molar-refractivity contribution in [2.24, 2.45) is 0 Å². The molecule has 0 aliphatic heterocycles. The predicted molar refractivity (Wildman–Crippen MR) is 113 cm³/mol. The first kappa shape index (κ1) is 21.5. The summed E-state index contributed by atoms with van der Waals surface area (Å²) < 4.78 is 5.17. The van der Waals surface area contributed by atoms with Gasteiger partial charge in [-0.1, -0.05) is 55.6 Å². The van der Waals surface area contributed by atoms with Crippen molar-refractivity contribution in [2.45, 2.75) is 83.8 Å². The second kappa shape index (κ2) is 11.1. The maximum atomic E-state index is 12.3. The Labute approximate surface area is 174 Å². The lowest BCUT2D eigenvalue weighted by atomic mass is 9.94. The van der Waals surface area contributed by atoms with Crippen LogP contribution in [0.15, 0.2) is 28.8 Å². The number of amides is 1. The molecule has 1 aromatic heterocycles. The van der Waals surface area contributed by atoms with Gasteiger partial charge in [-0.2, -0.15) is 4.98 Å². The van der Waals surface area contributed by atoms with Crippen molar-refractivity contribution in [3.05, 3.63) is 47.1 Å². The van der Waals surface area contributed by atoms with Crippen LogP contribution in [-0.4, -0.2) is 34.0 Å². The molecule has 0 spiro atoms. The molecule has 6 heteroatoms. The molecule has 1 amide bonds. The number of rotatable bonds is 10. The van der Waals surface area contributed by atoms with Crippen LogP contribution >= 0.6 is 0 Å². The lowest BCUT2D eigenvalue weighted by Crippen LogP contribution is -2.33. The number of hydrogen-bond acceptors (Lipinski definition) is 5. The zero-order valence-electron chi connectivity index (χ0n) is 17.8. The first-order chi connectivity index (χ1) is 14.2. The van der Waals surface area contributed by atoms with Crippen LogP contribution in [0, 0.1) is 0 Å². The fraction of sp³-hybridized carbons (Fsp3) is 0.609. The van der Waals surface area contributed by atoms with Gasteiger partial charge in [0.15, 0.2) is 5.82 Å². The van der Waals surface area contributed by atoms with Gasteiger partial charge in [0.2, 0.25) is 11.8 Å². The Balaban J connectivity index is 1.44. The van der Waals surface area contributed by atoms with Crippen LogP contribution in [0.3, 0.4) is 0 Å². The van der Waals surface area contributed by atoms with E-state index >= 15 is 0 Å². The smallest absolute Gasteiger partial charge is 0.226 e. The van der Waals surface area contributed by atoms with Gasteiger partial charge in [0, 0.05) is 38.4 Å². The number of carbonyl (C=O) groups is 1. The molecule has 1 fully saturated rings. The first-order valence-electron chi connectivity index (χ1n) is 11.0. The van der Waals surface area contributed by atoms with Crippen LogP contribution in [0.4, 0.5) is 0 Å². The predicted octanol–water partition coefficient (Wildman–Crippen LogP) is 4.04. The first-order valence-corrected chi connectivity index (χ1v) is 11.0. The maximum Gasteiger partial charge on any atom is 0.226 e. The Morgan fingerprint density at radius 1 is 1.21 bits per heavy atom. The van der Waals surface area contributed by atoms with Crippen molar-refractivity contribution in [1.82, 2.24) is 20.4 Å². The highest BCUT2D eigenvalue weighted by atomic mass is 16.5. The molecule has 6 nitrogen and oxygen atoms in total. The Morgan fingerprint density at radius 2 is 1.97 bits per heavy atom. The van der Waals surface area contributed by atoms with Crippen LogP contribution in [0.25, 0.3) is 0 Å². The summed E-state index contributed by atoms with van der Waals surface area (Å²) in [6, 6.07) is 9.12. The second-order valence-corrected chi connectivity index (χ2v) is 8.06. The van der Waals surface area contributed by atoms with E-state index in [1.807, 2.05) is 13.0 Å². The van der Waals surface area contributed by atoms with Gasteiger partial charge in [-0.05, 0) is 37.4 Å². The van der Waals surface area contributed by atoms with Crippen LogP contribution in [-0.2, 0) is 30.7 Å². The number of nitrogens with one attached hydrogen (secondary N) is 1. The lowest BCUT2D eigenvalue weighted by molar-refractivity contribution is -0.121. The summed E-state index contributed by atoms with van der Waals surface area (Å²) in [6.45, 7) is 3.51. The molecule has 1 saturated carbocycles. The Hall–Kier alpha value is -2.21. The molecule has 1 aliphatic carbocycles. The molecule has 29 heavy (non-hydrogen) atoms. The molecule has 1 aliphatic rings.